The summed E-state index contributed by atoms with van der Waals surface area (Å²) in [5.41, 5.74) is 8.35. The van der Waals surface area contributed by atoms with Gasteiger partial charge in [-0.1, -0.05) is 6.07 Å². The Labute approximate surface area is 120 Å². The van der Waals surface area contributed by atoms with Crippen molar-refractivity contribution < 1.29 is 18.3 Å². The number of nitrogens with one attached hydrogen (secondary N) is 1. The van der Waals surface area contributed by atoms with E-state index in [-0.39, 0.29) is 18.1 Å². The van der Waals surface area contributed by atoms with Crippen LogP contribution in [0.3, 0.4) is 0 Å². The van der Waals surface area contributed by atoms with Gasteiger partial charge in [-0.25, -0.2) is 13.1 Å². The third-order valence-electron chi connectivity index (χ3n) is 3.14. The third-order valence-corrected chi connectivity index (χ3v) is 4.95. The van der Waals surface area contributed by atoms with Gasteiger partial charge in [0.25, 0.3) is 0 Å². The second kappa shape index (κ2) is 6.53. The second-order valence-corrected chi connectivity index (χ2v) is 6.49. The molecule has 0 radical (unpaired) electrons. The first-order valence-electron chi connectivity index (χ1n) is 6.23. The average molecular weight is 302 g/mol. The lowest BCUT2D eigenvalue weighted by atomic mass is 10.1. The molecular weight excluding hydrogens is 280 g/mol. The van der Waals surface area contributed by atoms with Gasteiger partial charge >= 0.3 is 0 Å². The summed E-state index contributed by atoms with van der Waals surface area (Å²) in [6.45, 7) is 4.98. The van der Waals surface area contributed by atoms with Crippen molar-refractivity contribution in [2.24, 2.45) is 0 Å². The predicted octanol–water partition coefficient (Wildman–Crippen LogP) is 0.480. The van der Waals surface area contributed by atoms with E-state index in [4.69, 9.17) is 10.5 Å². The Hall–Kier alpha value is -1.15. The lowest BCUT2D eigenvalue weighted by Gasteiger charge is -2.19. The van der Waals surface area contributed by atoms with Crippen molar-refractivity contribution in [1.82, 2.24) is 4.72 Å². The molecule has 0 heterocycles. The lowest BCUT2D eigenvalue weighted by Crippen LogP contribution is -2.41. The summed E-state index contributed by atoms with van der Waals surface area (Å²) >= 11 is 0. The van der Waals surface area contributed by atoms with E-state index in [1.54, 1.807) is 19.9 Å². The Morgan fingerprint density at radius 2 is 1.95 bits per heavy atom. The van der Waals surface area contributed by atoms with Crippen LogP contribution in [-0.4, -0.2) is 39.9 Å². The quantitative estimate of drug-likeness (QED) is 0.663. The number of rotatable bonds is 6. The first kappa shape index (κ1) is 16.9. The SMILES string of the molecule is COCC(CO)NS(=O)(=O)c1c(C)cc(C)c(N)c1C. The van der Waals surface area contributed by atoms with Gasteiger partial charge in [-0.05, 0) is 37.5 Å². The second-order valence-electron chi connectivity index (χ2n) is 4.83. The van der Waals surface area contributed by atoms with Crippen molar-refractivity contribution in [3.05, 3.63) is 22.8 Å². The van der Waals surface area contributed by atoms with Gasteiger partial charge in [-0.3, -0.25) is 0 Å². The number of nitrogens with two attached hydrogens (primary N) is 1. The Kier molecular flexibility index (Phi) is 5.52. The van der Waals surface area contributed by atoms with E-state index in [1.165, 1.54) is 7.11 Å². The number of nitrogen functional groups attached to an aromatic ring is 1. The van der Waals surface area contributed by atoms with Gasteiger partial charge in [0.15, 0.2) is 0 Å². The molecule has 1 atom stereocenters. The van der Waals surface area contributed by atoms with Crippen LogP contribution in [0.15, 0.2) is 11.0 Å². The molecule has 0 aliphatic carbocycles. The highest BCUT2D eigenvalue weighted by molar-refractivity contribution is 7.89. The van der Waals surface area contributed by atoms with E-state index in [9.17, 15) is 13.5 Å². The van der Waals surface area contributed by atoms with Crippen LogP contribution in [0.1, 0.15) is 16.7 Å². The van der Waals surface area contributed by atoms with E-state index in [0.29, 0.717) is 16.8 Å². The van der Waals surface area contributed by atoms with E-state index in [2.05, 4.69) is 4.72 Å². The van der Waals surface area contributed by atoms with Gasteiger partial charge in [0.2, 0.25) is 10.0 Å². The Morgan fingerprint density at radius 1 is 1.35 bits per heavy atom. The molecule has 20 heavy (non-hydrogen) atoms. The molecule has 0 bridgehead atoms. The molecule has 4 N–H and O–H groups in total. The topological polar surface area (TPSA) is 102 Å². The van der Waals surface area contributed by atoms with E-state index in [1.807, 2.05) is 6.92 Å². The van der Waals surface area contributed by atoms with Crippen LogP contribution in [0, 0.1) is 20.8 Å². The number of aliphatic hydroxyl groups is 1. The zero-order valence-electron chi connectivity index (χ0n) is 12.2. The molecule has 6 nitrogen and oxygen atoms in total. The van der Waals surface area contributed by atoms with Crippen molar-refractivity contribution in [2.75, 3.05) is 26.1 Å². The first-order chi connectivity index (χ1) is 9.24. The third kappa shape index (κ3) is 3.49. The van der Waals surface area contributed by atoms with Crippen LogP contribution < -0.4 is 10.5 Å². The number of benzene rings is 1. The van der Waals surface area contributed by atoms with Crippen molar-refractivity contribution >= 4 is 15.7 Å². The minimum Gasteiger partial charge on any atom is -0.398 e. The van der Waals surface area contributed by atoms with Crippen LogP contribution in [0.2, 0.25) is 0 Å². The lowest BCUT2D eigenvalue weighted by molar-refractivity contribution is 0.139. The molecule has 0 amide bonds. The minimum absolute atomic E-state index is 0.0924. The van der Waals surface area contributed by atoms with E-state index in [0.717, 1.165) is 5.56 Å². The summed E-state index contributed by atoms with van der Waals surface area (Å²) in [6.07, 6.45) is 0. The molecule has 1 rings (SSSR count). The molecule has 0 saturated carbocycles. The van der Waals surface area contributed by atoms with Gasteiger partial charge in [0, 0.05) is 12.8 Å². The Morgan fingerprint density at radius 3 is 2.45 bits per heavy atom. The molecule has 0 fully saturated rings. The van der Waals surface area contributed by atoms with Crippen molar-refractivity contribution in [3.8, 4) is 0 Å². The smallest absolute Gasteiger partial charge is 0.241 e. The zero-order chi connectivity index (χ0) is 15.5. The summed E-state index contributed by atoms with van der Waals surface area (Å²) in [4.78, 5) is 0.162. The average Bonchev–Trinajstić information content (AvgIpc) is 2.34. The molecule has 114 valence electrons. The maximum absolute atomic E-state index is 12.4. The normalized spacial score (nSPS) is 13.4. The standard InChI is InChI=1S/C13H22N2O4S/c1-8-5-9(2)13(10(3)12(8)14)20(17,18)15-11(6-16)7-19-4/h5,11,15-16H,6-7,14H2,1-4H3. The van der Waals surface area contributed by atoms with Gasteiger partial charge in [0.05, 0.1) is 24.2 Å². The fraction of sp³-hybridized carbons (Fsp3) is 0.538. The largest absolute Gasteiger partial charge is 0.398 e. The van der Waals surface area contributed by atoms with Crippen LogP contribution in [0.25, 0.3) is 0 Å². The number of methoxy groups -OCH3 is 1. The minimum atomic E-state index is -3.76. The zero-order valence-corrected chi connectivity index (χ0v) is 13.0. The maximum atomic E-state index is 12.4. The molecule has 0 saturated heterocycles. The van der Waals surface area contributed by atoms with Crippen LogP contribution in [0.5, 0.6) is 0 Å². The van der Waals surface area contributed by atoms with Crippen molar-refractivity contribution in [1.29, 1.82) is 0 Å². The van der Waals surface area contributed by atoms with Crippen molar-refractivity contribution in [2.45, 2.75) is 31.7 Å². The molecular formula is C13H22N2O4S. The molecule has 1 aromatic rings. The number of hydrogen-bond donors (Lipinski definition) is 3. The number of ether oxygens (including phenoxy) is 1. The summed E-state index contributed by atoms with van der Waals surface area (Å²) in [7, 11) is -2.32. The molecule has 0 spiro atoms. The Balaban J connectivity index is 3.26. The van der Waals surface area contributed by atoms with E-state index < -0.39 is 16.1 Å². The van der Waals surface area contributed by atoms with Crippen LogP contribution >= 0.6 is 0 Å². The number of aliphatic hydroxyl groups excluding tert-OH is 1. The molecule has 0 aromatic heterocycles. The van der Waals surface area contributed by atoms with Crippen molar-refractivity contribution in [3.63, 3.8) is 0 Å². The summed E-state index contributed by atoms with van der Waals surface area (Å²) in [6, 6.07) is 1.05. The maximum Gasteiger partial charge on any atom is 0.241 e. The van der Waals surface area contributed by atoms with Gasteiger partial charge < -0.3 is 15.6 Å². The number of hydrogen-bond acceptors (Lipinski definition) is 5. The van der Waals surface area contributed by atoms with Gasteiger partial charge in [0.1, 0.15) is 0 Å². The molecule has 1 aromatic carbocycles. The predicted molar refractivity (Wildman–Crippen MR) is 78.1 cm³/mol. The summed E-state index contributed by atoms with van der Waals surface area (Å²) in [5.74, 6) is 0. The number of sulfonamides is 1. The molecule has 0 aliphatic rings. The van der Waals surface area contributed by atoms with Crippen LogP contribution in [-0.2, 0) is 14.8 Å². The molecule has 0 aliphatic heterocycles. The highest BCUT2D eigenvalue weighted by Gasteiger charge is 2.25. The van der Waals surface area contributed by atoms with Gasteiger partial charge in [-0.15, -0.1) is 0 Å². The monoisotopic (exact) mass is 302 g/mol. The number of aryl methyl sites for hydroxylation is 2. The Bertz CT molecular complexity index is 585. The van der Waals surface area contributed by atoms with E-state index >= 15 is 0 Å². The molecule has 7 heteroatoms. The molecule has 1 unspecified atom stereocenters. The highest BCUT2D eigenvalue weighted by Crippen LogP contribution is 2.27. The number of anilines is 1. The fourth-order valence-electron chi connectivity index (χ4n) is 2.20. The highest BCUT2D eigenvalue weighted by atomic mass is 32.2. The fourth-order valence-corrected chi connectivity index (χ4v) is 3.89. The first-order valence-corrected chi connectivity index (χ1v) is 7.71. The van der Waals surface area contributed by atoms with Gasteiger partial charge in [-0.2, -0.15) is 0 Å². The summed E-state index contributed by atoms with van der Waals surface area (Å²) < 4.78 is 32.2. The van der Waals surface area contributed by atoms with Crippen LogP contribution in [0.4, 0.5) is 5.69 Å². The summed E-state index contributed by atoms with van der Waals surface area (Å²) in [5, 5.41) is 9.17.